The summed E-state index contributed by atoms with van der Waals surface area (Å²) in [5, 5.41) is 8.63. The molecule has 2 N–H and O–H groups in total. The smallest absolute Gasteiger partial charge is 0.324 e. The molecular weight excluding hydrogens is 875 g/mol. The number of likely N-dealkylation sites (tertiary alicyclic amines) is 1. The summed E-state index contributed by atoms with van der Waals surface area (Å²) in [7, 11) is 3.76. The Labute approximate surface area is 392 Å². The maximum Gasteiger partial charge on any atom is 0.324 e. The summed E-state index contributed by atoms with van der Waals surface area (Å²) in [5.41, 5.74) is 9.27. The van der Waals surface area contributed by atoms with E-state index in [0.717, 1.165) is 75.6 Å². The van der Waals surface area contributed by atoms with E-state index in [1.807, 2.05) is 24.6 Å². The first kappa shape index (κ1) is 51.9. The normalized spacial score (nSPS) is 24.0. The molecule has 4 aromatic rings. The average Bonchev–Trinajstić information content (AvgIpc) is 3.84. The van der Waals surface area contributed by atoms with Crippen molar-refractivity contribution in [3.63, 3.8) is 0 Å². The summed E-state index contributed by atoms with van der Waals surface area (Å²) < 4.78 is 14.2. The van der Waals surface area contributed by atoms with E-state index in [2.05, 4.69) is 72.3 Å². The number of benzene rings is 1. The lowest BCUT2D eigenvalue weighted by Crippen LogP contribution is -2.62. The second kappa shape index (κ2) is 20.8. The molecule has 0 spiro atoms. The zero-order valence-electron chi connectivity index (χ0n) is 35.3. The third kappa shape index (κ3) is 9.71. The van der Waals surface area contributed by atoms with Gasteiger partial charge in [-0.25, -0.2) is 10.4 Å². The molecule has 332 valence electrons. The van der Waals surface area contributed by atoms with Crippen molar-refractivity contribution in [1.29, 1.82) is 0 Å². The number of methoxy groups -OCH3 is 1. The molecule has 8 rings (SSSR count). The predicted molar refractivity (Wildman–Crippen MR) is 264 cm³/mol. The number of rotatable bonds is 6. The fourth-order valence-electron chi connectivity index (χ4n) is 9.33. The minimum Gasteiger partial charge on any atom is -0.464 e. The van der Waals surface area contributed by atoms with Crippen molar-refractivity contribution < 1.29 is 23.9 Å². The molecule has 0 unspecified atom stereocenters. The summed E-state index contributed by atoms with van der Waals surface area (Å²) in [6.45, 7) is 11.4. The van der Waals surface area contributed by atoms with E-state index >= 15 is 0 Å². The number of thiazole rings is 1. The van der Waals surface area contributed by atoms with E-state index < -0.39 is 22.9 Å². The first-order valence-corrected chi connectivity index (χ1v) is 20.6. The second-order valence-electron chi connectivity index (χ2n) is 16.8. The van der Waals surface area contributed by atoms with Crippen molar-refractivity contribution in [3.05, 3.63) is 58.2 Å². The summed E-state index contributed by atoms with van der Waals surface area (Å²) in [4.78, 5) is 54.3. The third-order valence-corrected chi connectivity index (χ3v) is 13.3. The Morgan fingerprint density at radius 3 is 2.58 bits per heavy atom. The molecule has 6 bridgehead atoms. The molecule has 3 aliphatic heterocycles. The highest BCUT2D eigenvalue weighted by Gasteiger charge is 2.57. The number of ether oxygens (including phenoxy) is 2. The Morgan fingerprint density at radius 2 is 1.90 bits per heavy atom. The van der Waals surface area contributed by atoms with Crippen LogP contribution in [0, 0.1) is 16.7 Å². The maximum atomic E-state index is 14.4. The number of pyridine rings is 1. The monoisotopic (exact) mass is 937 g/mol. The third-order valence-electron chi connectivity index (χ3n) is 12.4. The standard InChI is InChI=1S/C42H53N7O5S.5H2S/c1-7-48-34-13-12-26-18-29(34)30(37(48)28-10-8-16-43-36(28)25(2)53-6)20-41(3,4)24-54-39(51)31-11-9-17-49(46-31)38(50)32(19-35-44-33(26)22-55-35)45-40(52)42-15-14-27(42)21-47(5)23-42;;;;;/h8,10,12-13,16,18,22,25,27,31-32,46H,7,9,11,14-15,17,19-21,23-24H2,1-6H3,(H,45,52);5*1H2/t25-,27+,31-,32-,42+;;;;;/m0...../s1. The van der Waals surface area contributed by atoms with Gasteiger partial charge in [-0.05, 0) is 88.7 Å². The molecule has 6 heterocycles. The summed E-state index contributed by atoms with van der Waals surface area (Å²) in [5.74, 6) is -0.416. The van der Waals surface area contributed by atoms with Gasteiger partial charge in [-0.15, -0.1) is 11.3 Å². The molecule has 1 saturated carbocycles. The first-order chi connectivity index (χ1) is 26.4. The maximum absolute atomic E-state index is 14.4. The molecule has 2 saturated heterocycles. The number of hydrogen-bond acceptors (Lipinski definition) is 10. The number of fused-ring (bicyclic) bond motifs is 7. The van der Waals surface area contributed by atoms with E-state index in [-0.39, 0.29) is 104 Å². The van der Waals surface area contributed by atoms with Gasteiger partial charge in [0.25, 0.3) is 5.91 Å². The minimum absolute atomic E-state index is 0. The number of hydrogen-bond donors (Lipinski definition) is 2. The number of nitrogens with one attached hydrogen (secondary N) is 2. The van der Waals surface area contributed by atoms with Gasteiger partial charge < -0.3 is 24.3 Å². The van der Waals surface area contributed by atoms with Gasteiger partial charge in [-0.3, -0.25) is 24.4 Å². The Kier molecular flexibility index (Phi) is 18.0. The summed E-state index contributed by atoms with van der Waals surface area (Å²) in [6.07, 6.45) is 5.49. The number of carbonyl (C=O) groups excluding carboxylic acids is 3. The van der Waals surface area contributed by atoms with E-state index in [1.165, 1.54) is 16.3 Å². The van der Waals surface area contributed by atoms with E-state index in [0.29, 0.717) is 38.3 Å². The van der Waals surface area contributed by atoms with Crippen molar-refractivity contribution in [2.24, 2.45) is 16.7 Å². The van der Waals surface area contributed by atoms with Crippen molar-refractivity contribution in [2.75, 3.05) is 40.4 Å². The van der Waals surface area contributed by atoms with Crippen LogP contribution in [0.3, 0.4) is 0 Å². The van der Waals surface area contributed by atoms with Crippen LogP contribution in [-0.2, 0) is 43.2 Å². The lowest BCUT2D eigenvalue weighted by molar-refractivity contribution is -0.156. The number of carbonyl (C=O) groups is 3. The molecular formula is C42H63N7O5S6. The zero-order chi connectivity index (χ0) is 38.6. The number of hydrazine groups is 1. The molecule has 18 heteroatoms. The zero-order valence-corrected chi connectivity index (χ0v) is 41.1. The quantitative estimate of drug-likeness (QED) is 0.220. The van der Waals surface area contributed by atoms with Gasteiger partial charge in [0.15, 0.2) is 0 Å². The van der Waals surface area contributed by atoms with Crippen LogP contribution in [0.5, 0.6) is 0 Å². The number of esters is 1. The van der Waals surface area contributed by atoms with Crippen LogP contribution in [0.4, 0.5) is 0 Å². The van der Waals surface area contributed by atoms with Crippen molar-refractivity contribution in [3.8, 4) is 22.5 Å². The predicted octanol–water partition coefficient (Wildman–Crippen LogP) is 6.11. The highest BCUT2D eigenvalue weighted by Crippen LogP contribution is 2.52. The number of nitrogens with zero attached hydrogens (tertiary/aromatic N) is 5. The van der Waals surface area contributed by atoms with E-state index in [9.17, 15) is 14.4 Å². The van der Waals surface area contributed by atoms with Crippen LogP contribution in [0.1, 0.15) is 75.7 Å². The molecule has 1 aliphatic carbocycles. The number of aryl methyl sites for hydroxylation is 1. The van der Waals surface area contributed by atoms with Crippen LogP contribution in [0.25, 0.3) is 33.4 Å². The van der Waals surface area contributed by atoms with Gasteiger partial charge in [-0.2, -0.15) is 67.5 Å². The number of aromatic nitrogens is 3. The fraction of sp³-hybridized carbons (Fsp3) is 0.548. The molecule has 60 heavy (non-hydrogen) atoms. The Balaban J connectivity index is 0.00000192. The Hall–Kier alpha value is -2.42. The fourth-order valence-corrected chi connectivity index (χ4v) is 10.2. The molecule has 0 radical (unpaired) electrons. The van der Waals surface area contributed by atoms with Gasteiger partial charge in [0, 0.05) is 78.7 Å². The van der Waals surface area contributed by atoms with E-state index in [1.54, 1.807) is 7.11 Å². The van der Waals surface area contributed by atoms with E-state index in [4.69, 9.17) is 19.4 Å². The van der Waals surface area contributed by atoms with Crippen LogP contribution in [0.15, 0.2) is 41.9 Å². The molecule has 5 atom stereocenters. The number of cyclic esters (lactones) is 1. The molecule has 1 aromatic carbocycles. The molecule has 4 aliphatic rings. The Morgan fingerprint density at radius 1 is 1.13 bits per heavy atom. The average molecular weight is 938 g/mol. The number of amides is 2. The molecule has 3 fully saturated rings. The van der Waals surface area contributed by atoms with Gasteiger partial charge >= 0.3 is 5.97 Å². The van der Waals surface area contributed by atoms with Gasteiger partial charge in [0.2, 0.25) is 5.91 Å². The SMILES string of the molecule is CCn1c(-c2cccnc2[C@H](C)OC)c2c3cc(ccc31)-c1csc(n1)C[C@H](NC(=O)[C@@]13CC[C@@H]1CN(C)C3)C(=O)N1CCC[C@H](N1)C(=O)OCC(C)(C)C2.S.S.S.S.S. The first-order valence-electron chi connectivity index (χ1n) is 19.7. The van der Waals surface area contributed by atoms with Crippen molar-refractivity contribution in [2.45, 2.75) is 91.0 Å². The molecule has 12 nitrogen and oxygen atoms in total. The second-order valence-corrected chi connectivity index (χ2v) is 17.8. The lowest BCUT2D eigenvalue weighted by atomic mass is 9.61. The summed E-state index contributed by atoms with van der Waals surface area (Å²) in [6, 6.07) is 9.07. The highest BCUT2D eigenvalue weighted by atomic mass is 32.1. The molecule has 2 amide bonds. The van der Waals surface area contributed by atoms with Crippen molar-refractivity contribution in [1.82, 2.24) is 35.2 Å². The van der Waals surface area contributed by atoms with Crippen molar-refractivity contribution >= 4 is 108 Å². The summed E-state index contributed by atoms with van der Waals surface area (Å²) >= 11 is 1.50. The van der Waals surface area contributed by atoms with Crippen LogP contribution >= 0.6 is 78.8 Å². The topological polar surface area (TPSA) is 131 Å². The highest BCUT2D eigenvalue weighted by molar-refractivity contribution is 7.60. The van der Waals surface area contributed by atoms with Crippen LogP contribution < -0.4 is 10.7 Å². The van der Waals surface area contributed by atoms with Gasteiger partial charge in [-0.1, -0.05) is 19.9 Å². The van der Waals surface area contributed by atoms with Crippen LogP contribution in [0.2, 0.25) is 0 Å². The van der Waals surface area contributed by atoms with Gasteiger partial charge in [0.05, 0.1) is 40.2 Å². The van der Waals surface area contributed by atoms with Crippen LogP contribution in [-0.4, -0.2) is 94.7 Å². The minimum atomic E-state index is -0.841. The Bertz CT molecular complexity index is 2150. The lowest BCUT2D eigenvalue weighted by Gasteiger charge is -2.43. The van der Waals surface area contributed by atoms with Gasteiger partial charge in [0.1, 0.15) is 12.1 Å². The largest absolute Gasteiger partial charge is 0.464 e. The molecule has 3 aromatic heterocycles.